The number of hydrogen-bond acceptors (Lipinski definition) is 3. The van der Waals surface area contributed by atoms with Gasteiger partial charge in [0.2, 0.25) is 0 Å². The number of nitrogens with zero attached hydrogens (tertiary/aromatic N) is 2. The van der Waals surface area contributed by atoms with Gasteiger partial charge in [0, 0.05) is 19.1 Å². The first-order valence-corrected chi connectivity index (χ1v) is 7.20. The minimum absolute atomic E-state index is 0.00333. The summed E-state index contributed by atoms with van der Waals surface area (Å²) in [4.78, 5) is 16.4. The molecule has 0 unspecified atom stereocenters. The second-order valence-corrected chi connectivity index (χ2v) is 6.08. The smallest absolute Gasteiger partial charge is 0.317 e. The minimum Gasteiger partial charge on any atom is -0.467 e. The van der Waals surface area contributed by atoms with E-state index in [1.807, 2.05) is 17.0 Å². The summed E-state index contributed by atoms with van der Waals surface area (Å²) in [6.45, 7) is 6.52. The third-order valence-corrected chi connectivity index (χ3v) is 4.13. The Morgan fingerprint density at radius 3 is 2.75 bits per heavy atom. The molecule has 1 aromatic rings. The maximum Gasteiger partial charge on any atom is 0.317 e. The number of nitrogens with one attached hydrogen (secondary N) is 1. The summed E-state index contributed by atoms with van der Waals surface area (Å²) in [5, 5.41) is 2.92. The van der Waals surface area contributed by atoms with Crippen molar-refractivity contribution in [3.63, 3.8) is 0 Å². The van der Waals surface area contributed by atoms with Crippen LogP contribution < -0.4 is 5.32 Å². The number of carbonyl (C=O) groups excluding carboxylic acids is 1. The van der Waals surface area contributed by atoms with Crippen LogP contribution in [0.5, 0.6) is 0 Å². The molecule has 1 fully saturated rings. The molecule has 2 amide bonds. The fourth-order valence-electron chi connectivity index (χ4n) is 2.87. The third-order valence-electron chi connectivity index (χ3n) is 4.13. The summed E-state index contributed by atoms with van der Waals surface area (Å²) in [7, 11) is 4.18. The molecule has 5 heteroatoms. The fraction of sp³-hybridized carbons (Fsp3) is 0.667. The van der Waals surface area contributed by atoms with E-state index < -0.39 is 0 Å². The Bertz CT molecular complexity index is 412. The second-order valence-electron chi connectivity index (χ2n) is 6.08. The predicted octanol–water partition coefficient (Wildman–Crippen LogP) is 2.01. The first kappa shape index (κ1) is 14.9. The lowest BCUT2D eigenvalue weighted by Crippen LogP contribution is -2.40. The van der Waals surface area contributed by atoms with Gasteiger partial charge in [0.15, 0.2) is 0 Å². The van der Waals surface area contributed by atoms with E-state index in [1.165, 1.54) is 0 Å². The molecule has 20 heavy (non-hydrogen) atoms. The van der Waals surface area contributed by atoms with Crippen LogP contribution in [0.4, 0.5) is 4.79 Å². The van der Waals surface area contributed by atoms with E-state index in [0.717, 1.165) is 18.8 Å². The summed E-state index contributed by atoms with van der Waals surface area (Å²) in [5.74, 6) is 1.88. The highest BCUT2D eigenvalue weighted by molar-refractivity contribution is 5.74. The van der Waals surface area contributed by atoms with Crippen LogP contribution in [0.1, 0.15) is 19.6 Å². The molecule has 0 radical (unpaired) electrons. The highest BCUT2D eigenvalue weighted by atomic mass is 16.3. The lowest BCUT2D eigenvalue weighted by Gasteiger charge is -2.27. The SMILES string of the molecule is CC(C)[C@@H]1CN(C(=O)NCc2ccco2)C[C@H]1N(C)C. The van der Waals surface area contributed by atoms with Crippen molar-refractivity contribution in [1.29, 1.82) is 0 Å². The van der Waals surface area contributed by atoms with Crippen LogP contribution in [0.3, 0.4) is 0 Å². The Labute approximate surface area is 120 Å². The lowest BCUT2D eigenvalue weighted by molar-refractivity contribution is 0.202. The molecule has 2 rings (SSSR count). The van der Waals surface area contributed by atoms with E-state index in [-0.39, 0.29) is 6.03 Å². The highest BCUT2D eigenvalue weighted by Gasteiger charge is 2.37. The predicted molar refractivity (Wildman–Crippen MR) is 78.3 cm³/mol. The van der Waals surface area contributed by atoms with Gasteiger partial charge in [-0.2, -0.15) is 0 Å². The average molecular weight is 279 g/mol. The number of carbonyl (C=O) groups is 1. The number of rotatable bonds is 4. The van der Waals surface area contributed by atoms with E-state index in [2.05, 4.69) is 38.2 Å². The molecule has 1 N–H and O–H groups in total. The van der Waals surface area contributed by atoms with Crippen LogP contribution in [-0.4, -0.2) is 49.1 Å². The molecule has 2 heterocycles. The zero-order chi connectivity index (χ0) is 14.7. The number of furan rings is 1. The van der Waals surface area contributed by atoms with Crippen molar-refractivity contribution < 1.29 is 9.21 Å². The minimum atomic E-state index is -0.00333. The Kier molecular flexibility index (Phi) is 4.70. The van der Waals surface area contributed by atoms with Crippen LogP contribution in [-0.2, 0) is 6.54 Å². The van der Waals surface area contributed by atoms with Gasteiger partial charge in [-0.1, -0.05) is 13.8 Å². The zero-order valence-corrected chi connectivity index (χ0v) is 12.8. The molecule has 1 aliphatic rings. The van der Waals surface area contributed by atoms with E-state index in [0.29, 0.717) is 24.4 Å². The molecule has 0 saturated carbocycles. The molecule has 1 aliphatic heterocycles. The van der Waals surface area contributed by atoms with Crippen molar-refractivity contribution in [2.75, 3.05) is 27.2 Å². The van der Waals surface area contributed by atoms with Gasteiger partial charge in [-0.3, -0.25) is 0 Å². The number of amides is 2. The van der Waals surface area contributed by atoms with Crippen LogP contribution in [0, 0.1) is 11.8 Å². The fourth-order valence-corrected chi connectivity index (χ4v) is 2.87. The van der Waals surface area contributed by atoms with Crippen LogP contribution >= 0.6 is 0 Å². The van der Waals surface area contributed by atoms with E-state index in [4.69, 9.17) is 4.42 Å². The number of urea groups is 1. The Morgan fingerprint density at radius 1 is 1.50 bits per heavy atom. The molecule has 0 bridgehead atoms. The molecule has 112 valence electrons. The Morgan fingerprint density at radius 2 is 2.25 bits per heavy atom. The largest absolute Gasteiger partial charge is 0.467 e. The Hall–Kier alpha value is -1.49. The van der Waals surface area contributed by atoms with E-state index in [9.17, 15) is 4.79 Å². The number of hydrogen-bond donors (Lipinski definition) is 1. The number of likely N-dealkylation sites (tertiary alicyclic amines) is 1. The maximum absolute atomic E-state index is 12.2. The van der Waals surface area contributed by atoms with Crippen LogP contribution in [0.25, 0.3) is 0 Å². The van der Waals surface area contributed by atoms with Gasteiger partial charge in [-0.05, 0) is 38.1 Å². The summed E-state index contributed by atoms with van der Waals surface area (Å²) in [5.41, 5.74) is 0. The molecule has 1 aromatic heterocycles. The third kappa shape index (κ3) is 3.33. The lowest BCUT2D eigenvalue weighted by atomic mass is 9.91. The maximum atomic E-state index is 12.2. The molecule has 2 atom stereocenters. The van der Waals surface area contributed by atoms with E-state index in [1.54, 1.807) is 6.26 Å². The average Bonchev–Trinajstić information content (AvgIpc) is 3.04. The van der Waals surface area contributed by atoms with Gasteiger partial charge in [-0.15, -0.1) is 0 Å². The number of likely N-dealkylation sites (N-methyl/N-ethyl adjacent to an activating group) is 1. The first-order valence-electron chi connectivity index (χ1n) is 7.20. The highest BCUT2D eigenvalue weighted by Crippen LogP contribution is 2.27. The zero-order valence-electron chi connectivity index (χ0n) is 12.8. The quantitative estimate of drug-likeness (QED) is 0.917. The van der Waals surface area contributed by atoms with Gasteiger partial charge < -0.3 is 19.5 Å². The first-order chi connectivity index (χ1) is 9.49. The van der Waals surface area contributed by atoms with Crippen molar-refractivity contribution in [2.24, 2.45) is 11.8 Å². The standard InChI is InChI=1S/C15H25N3O2/c1-11(2)13-9-18(10-14(13)17(3)4)15(19)16-8-12-6-5-7-20-12/h5-7,11,13-14H,8-10H2,1-4H3,(H,16,19)/t13-,14+/m0/s1. The molecule has 0 aliphatic carbocycles. The molecular weight excluding hydrogens is 254 g/mol. The van der Waals surface area contributed by atoms with Gasteiger partial charge in [0.05, 0.1) is 12.8 Å². The summed E-state index contributed by atoms with van der Waals surface area (Å²) in [6, 6.07) is 4.12. The van der Waals surface area contributed by atoms with Crippen molar-refractivity contribution in [3.05, 3.63) is 24.2 Å². The summed E-state index contributed by atoms with van der Waals surface area (Å²) < 4.78 is 5.22. The molecule has 1 saturated heterocycles. The topological polar surface area (TPSA) is 48.7 Å². The second kappa shape index (κ2) is 6.31. The van der Waals surface area contributed by atoms with Gasteiger partial charge in [-0.25, -0.2) is 4.79 Å². The normalized spacial score (nSPS) is 22.8. The van der Waals surface area contributed by atoms with Gasteiger partial charge in [0.25, 0.3) is 0 Å². The molecule has 5 nitrogen and oxygen atoms in total. The van der Waals surface area contributed by atoms with Crippen molar-refractivity contribution in [2.45, 2.75) is 26.4 Å². The van der Waals surface area contributed by atoms with Crippen molar-refractivity contribution in [1.82, 2.24) is 15.1 Å². The van der Waals surface area contributed by atoms with E-state index >= 15 is 0 Å². The van der Waals surface area contributed by atoms with Gasteiger partial charge in [0.1, 0.15) is 5.76 Å². The summed E-state index contributed by atoms with van der Waals surface area (Å²) in [6.07, 6.45) is 1.62. The Balaban J connectivity index is 1.91. The molecule has 0 aromatic carbocycles. The van der Waals surface area contributed by atoms with Crippen molar-refractivity contribution >= 4 is 6.03 Å². The van der Waals surface area contributed by atoms with Crippen LogP contribution in [0.15, 0.2) is 22.8 Å². The monoisotopic (exact) mass is 279 g/mol. The van der Waals surface area contributed by atoms with Gasteiger partial charge >= 0.3 is 6.03 Å². The molecular formula is C15H25N3O2. The van der Waals surface area contributed by atoms with Crippen LogP contribution in [0.2, 0.25) is 0 Å². The van der Waals surface area contributed by atoms with Crippen molar-refractivity contribution in [3.8, 4) is 0 Å². The molecule has 0 spiro atoms. The summed E-state index contributed by atoms with van der Waals surface area (Å²) >= 11 is 0.